The Hall–Kier alpha value is -1.41. The van der Waals surface area contributed by atoms with Gasteiger partial charge >= 0.3 is 0 Å². The topological polar surface area (TPSA) is 54.3 Å². The molecule has 0 aromatic heterocycles. The fourth-order valence-corrected chi connectivity index (χ4v) is 3.34. The Morgan fingerprint density at radius 3 is 2.60 bits per heavy atom. The van der Waals surface area contributed by atoms with Crippen molar-refractivity contribution >= 4 is 5.91 Å². The first-order chi connectivity index (χ1) is 9.74. The van der Waals surface area contributed by atoms with Crippen LogP contribution in [0.25, 0.3) is 0 Å². The van der Waals surface area contributed by atoms with E-state index < -0.39 is 0 Å². The molecule has 2 fully saturated rings. The lowest BCUT2D eigenvalue weighted by atomic mass is 9.93. The quantitative estimate of drug-likeness (QED) is 0.722. The van der Waals surface area contributed by atoms with Crippen LogP contribution in [0.1, 0.15) is 44.9 Å². The third kappa shape index (κ3) is 2.71. The predicted molar refractivity (Wildman–Crippen MR) is 74.0 cm³/mol. The third-order valence-corrected chi connectivity index (χ3v) is 4.56. The zero-order valence-corrected chi connectivity index (χ0v) is 11.8. The summed E-state index contributed by atoms with van der Waals surface area (Å²) in [6, 6.07) is 0.564. The Morgan fingerprint density at radius 2 is 2.00 bits per heavy atom. The fourth-order valence-electron chi connectivity index (χ4n) is 3.34. The van der Waals surface area contributed by atoms with Gasteiger partial charge in [-0.3, -0.25) is 4.79 Å². The third-order valence-electron chi connectivity index (χ3n) is 4.56. The molecule has 5 heteroatoms. The molecule has 5 nitrogen and oxygen atoms in total. The number of hydrogen-bond acceptors (Lipinski definition) is 4. The van der Waals surface area contributed by atoms with E-state index in [1.165, 1.54) is 6.42 Å². The van der Waals surface area contributed by atoms with Crippen LogP contribution >= 0.6 is 0 Å². The lowest BCUT2D eigenvalue weighted by Crippen LogP contribution is -2.57. The zero-order valence-electron chi connectivity index (χ0n) is 11.8. The molecule has 2 unspecified atom stereocenters. The van der Waals surface area contributed by atoms with Gasteiger partial charge in [0.25, 0.3) is 0 Å². The molecule has 1 amide bonds. The first-order valence-corrected chi connectivity index (χ1v) is 7.50. The number of piperidine rings is 1. The number of ether oxygens (including phenoxy) is 1. The van der Waals surface area contributed by atoms with Crippen molar-refractivity contribution in [3.63, 3.8) is 0 Å². The smallest absolute Gasteiger partial charge is 0.223 e. The van der Waals surface area contributed by atoms with Gasteiger partial charge in [-0.15, -0.1) is 12.3 Å². The van der Waals surface area contributed by atoms with E-state index in [-0.39, 0.29) is 23.7 Å². The van der Waals surface area contributed by atoms with Crippen molar-refractivity contribution in [2.24, 2.45) is 10.2 Å². The minimum absolute atomic E-state index is 0.236. The Morgan fingerprint density at radius 1 is 1.30 bits per heavy atom. The highest BCUT2D eigenvalue weighted by Gasteiger charge is 2.42. The molecule has 0 N–H and O–H groups in total. The molecule has 0 saturated carbocycles. The van der Waals surface area contributed by atoms with E-state index in [9.17, 15) is 4.79 Å². The van der Waals surface area contributed by atoms with Gasteiger partial charge in [-0.2, -0.15) is 10.2 Å². The predicted octanol–water partition coefficient (Wildman–Crippen LogP) is 2.12. The summed E-state index contributed by atoms with van der Waals surface area (Å²) in [6.45, 7) is 1.39. The van der Waals surface area contributed by atoms with Crippen molar-refractivity contribution in [1.29, 1.82) is 0 Å². The Labute approximate surface area is 119 Å². The lowest BCUT2D eigenvalue weighted by Gasteiger charge is -2.46. The number of fused-ring (bicyclic) bond motifs is 2. The number of carbonyl (C=O) groups is 1. The van der Waals surface area contributed by atoms with E-state index in [1.807, 2.05) is 0 Å². The second-order valence-corrected chi connectivity index (χ2v) is 5.96. The first kappa shape index (κ1) is 13.6. The molecule has 3 aliphatic heterocycles. The van der Waals surface area contributed by atoms with Gasteiger partial charge in [0, 0.05) is 25.7 Å². The molecule has 0 aromatic carbocycles. The van der Waals surface area contributed by atoms with Crippen LogP contribution in [-0.2, 0) is 9.53 Å². The summed E-state index contributed by atoms with van der Waals surface area (Å²) in [5.74, 6) is 2.85. The molecule has 3 rings (SSSR count). The van der Waals surface area contributed by atoms with E-state index in [0.717, 1.165) is 19.3 Å². The normalized spacial score (nSPS) is 29.9. The number of amides is 1. The second kappa shape index (κ2) is 5.53. The number of nitrogens with zero attached hydrogens (tertiary/aromatic N) is 3. The van der Waals surface area contributed by atoms with Crippen molar-refractivity contribution in [2.45, 2.75) is 62.7 Å². The first-order valence-electron chi connectivity index (χ1n) is 7.50. The molecule has 3 aliphatic rings. The summed E-state index contributed by atoms with van der Waals surface area (Å²) >= 11 is 0. The van der Waals surface area contributed by atoms with Gasteiger partial charge in [-0.1, -0.05) is 0 Å². The summed E-state index contributed by atoms with van der Waals surface area (Å²) in [6.07, 6.45) is 11.3. The van der Waals surface area contributed by atoms with Gasteiger partial charge < -0.3 is 9.64 Å². The van der Waals surface area contributed by atoms with Crippen LogP contribution in [0, 0.1) is 12.3 Å². The highest BCUT2D eigenvalue weighted by molar-refractivity contribution is 5.77. The lowest BCUT2D eigenvalue weighted by molar-refractivity contribution is -0.150. The summed E-state index contributed by atoms with van der Waals surface area (Å²) in [4.78, 5) is 14.6. The maximum atomic E-state index is 12.5. The standard InChI is InChI=1S/C15H21N3O2/c1-2-3-8-15(16-17-15)9-7-14(19)18-12-5-4-6-13(18)11-20-10-12/h1,12-13H,3-11H2. The number of hydrogen-bond donors (Lipinski definition) is 0. The van der Waals surface area contributed by atoms with Crippen LogP contribution in [0.2, 0.25) is 0 Å². The molecule has 0 radical (unpaired) electrons. The monoisotopic (exact) mass is 275 g/mol. The number of morpholine rings is 1. The molecule has 20 heavy (non-hydrogen) atoms. The molecule has 0 aliphatic carbocycles. The molecule has 0 spiro atoms. The van der Waals surface area contributed by atoms with Crippen LogP contribution < -0.4 is 0 Å². The van der Waals surface area contributed by atoms with Crippen LogP contribution in [0.3, 0.4) is 0 Å². The van der Waals surface area contributed by atoms with Gasteiger partial charge in [0.15, 0.2) is 5.66 Å². The number of terminal acetylenes is 1. The maximum Gasteiger partial charge on any atom is 0.223 e. The fraction of sp³-hybridized carbons (Fsp3) is 0.800. The zero-order chi connectivity index (χ0) is 14.0. The van der Waals surface area contributed by atoms with E-state index >= 15 is 0 Å². The van der Waals surface area contributed by atoms with Crippen LogP contribution in [-0.4, -0.2) is 41.8 Å². The summed E-state index contributed by atoms with van der Waals surface area (Å²) in [7, 11) is 0. The minimum atomic E-state index is -0.344. The molecule has 108 valence electrons. The number of rotatable bonds is 5. The number of carbonyl (C=O) groups excluding carboxylic acids is 1. The highest BCUT2D eigenvalue weighted by atomic mass is 16.5. The van der Waals surface area contributed by atoms with E-state index in [2.05, 4.69) is 21.0 Å². The van der Waals surface area contributed by atoms with Gasteiger partial charge in [-0.05, 0) is 19.3 Å². The van der Waals surface area contributed by atoms with Crippen molar-refractivity contribution in [3.8, 4) is 12.3 Å². The Kier molecular flexibility index (Phi) is 3.75. The summed E-state index contributed by atoms with van der Waals surface area (Å²) in [5.41, 5.74) is -0.344. The SMILES string of the molecule is C#CCCC1(CCC(=O)N2C3CCCC2COC3)N=N1. The Bertz CT molecular complexity index is 427. The molecule has 2 bridgehead atoms. The average molecular weight is 275 g/mol. The molecule has 2 saturated heterocycles. The Balaban J connectivity index is 1.53. The second-order valence-electron chi connectivity index (χ2n) is 5.96. The van der Waals surface area contributed by atoms with Crippen molar-refractivity contribution in [1.82, 2.24) is 4.90 Å². The maximum absolute atomic E-state index is 12.5. The van der Waals surface area contributed by atoms with Crippen LogP contribution in [0.4, 0.5) is 0 Å². The van der Waals surface area contributed by atoms with Gasteiger partial charge in [0.05, 0.1) is 25.3 Å². The van der Waals surface area contributed by atoms with Crippen LogP contribution in [0.5, 0.6) is 0 Å². The van der Waals surface area contributed by atoms with E-state index in [4.69, 9.17) is 11.2 Å². The van der Waals surface area contributed by atoms with Crippen LogP contribution in [0.15, 0.2) is 10.2 Å². The summed E-state index contributed by atoms with van der Waals surface area (Å²) in [5, 5.41) is 8.19. The van der Waals surface area contributed by atoms with Crippen molar-refractivity contribution in [3.05, 3.63) is 0 Å². The van der Waals surface area contributed by atoms with Crippen molar-refractivity contribution < 1.29 is 9.53 Å². The van der Waals surface area contributed by atoms with Gasteiger partial charge in [0.2, 0.25) is 5.91 Å². The average Bonchev–Trinajstić information content (AvgIpc) is 3.22. The largest absolute Gasteiger partial charge is 0.377 e. The van der Waals surface area contributed by atoms with E-state index in [0.29, 0.717) is 32.5 Å². The molecule has 3 heterocycles. The summed E-state index contributed by atoms with van der Waals surface area (Å²) < 4.78 is 5.57. The van der Waals surface area contributed by atoms with Gasteiger partial charge in [0.1, 0.15) is 0 Å². The molecular weight excluding hydrogens is 254 g/mol. The molecule has 2 atom stereocenters. The highest BCUT2D eigenvalue weighted by Crippen LogP contribution is 2.38. The van der Waals surface area contributed by atoms with Crippen molar-refractivity contribution in [2.75, 3.05) is 13.2 Å². The van der Waals surface area contributed by atoms with E-state index in [1.54, 1.807) is 0 Å². The molecular formula is C15H21N3O2. The van der Waals surface area contributed by atoms with Gasteiger partial charge in [-0.25, -0.2) is 0 Å². The molecule has 0 aromatic rings. The minimum Gasteiger partial charge on any atom is -0.377 e.